The van der Waals surface area contributed by atoms with Crippen LogP contribution in [0, 0.1) is 16.7 Å². The summed E-state index contributed by atoms with van der Waals surface area (Å²) in [5.41, 5.74) is 1.63. The highest BCUT2D eigenvalue weighted by atomic mass is 16.2. The quantitative estimate of drug-likeness (QED) is 0.845. The van der Waals surface area contributed by atoms with Gasteiger partial charge in [0.2, 0.25) is 0 Å². The highest BCUT2D eigenvalue weighted by Gasteiger charge is 2.40. The van der Waals surface area contributed by atoms with E-state index in [4.69, 9.17) is 5.26 Å². The second-order valence-electron chi connectivity index (χ2n) is 5.92. The van der Waals surface area contributed by atoms with Crippen LogP contribution in [0.1, 0.15) is 35.2 Å². The fourth-order valence-electron chi connectivity index (χ4n) is 3.34. The molecule has 1 aromatic rings. The Kier molecular flexibility index (Phi) is 3.45. The molecular weight excluding hydrogens is 250 g/mol. The number of carbonyl (C=O) groups excluding carboxylic acids is 1. The molecule has 0 radical (unpaired) electrons. The third-order valence-electron chi connectivity index (χ3n) is 4.65. The molecule has 1 amide bonds. The number of likely N-dealkylation sites (tertiary alicyclic amines) is 1. The van der Waals surface area contributed by atoms with Crippen molar-refractivity contribution in [2.24, 2.45) is 5.41 Å². The Balaban J connectivity index is 1.70. The number of rotatable bonds is 1. The third-order valence-corrected chi connectivity index (χ3v) is 4.65. The van der Waals surface area contributed by atoms with E-state index in [1.807, 2.05) is 4.90 Å². The zero-order valence-electron chi connectivity index (χ0n) is 11.6. The summed E-state index contributed by atoms with van der Waals surface area (Å²) in [4.78, 5) is 14.5. The molecule has 3 rings (SSSR count). The van der Waals surface area contributed by atoms with Crippen molar-refractivity contribution in [1.82, 2.24) is 10.2 Å². The molecule has 2 fully saturated rings. The molecule has 2 aliphatic rings. The Morgan fingerprint density at radius 3 is 2.55 bits per heavy atom. The van der Waals surface area contributed by atoms with Gasteiger partial charge in [-0.05, 0) is 62.0 Å². The van der Waals surface area contributed by atoms with Crippen LogP contribution in [0.3, 0.4) is 0 Å². The summed E-state index contributed by atoms with van der Waals surface area (Å²) in [6, 6.07) is 9.02. The average molecular weight is 269 g/mol. The molecule has 0 atom stereocenters. The first kappa shape index (κ1) is 13.1. The van der Waals surface area contributed by atoms with Crippen LogP contribution in [0.5, 0.6) is 0 Å². The van der Waals surface area contributed by atoms with Crippen molar-refractivity contribution in [3.8, 4) is 6.07 Å². The highest BCUT2D eigenvalue weighted by Crippen LogP contribution is 2.38. The number of amides is 1. The van der Waals surface area contributed by atoms with Crippen molar-refractivity contribution in [2.45, 2.75) is 19.3 Å². The maximum Gasteiger partial charge on any atom is 0.253 e. The lowest BCUT2D eigenvalue weighted by atomic mass is 9.78. The Labute approximate surface area is 119 Å². The Morgan fingerprint density at radius 1 is 1.20 bits per heavy atom. The molecular formula is C16H19N3O. The molecule has 1 aromatic carbocycles. The summed E-state index contributed by atoms with van der Waals surface area (Å²) in [7, 11) is 0. The molecule has 0 aliphatic carbocycles. The lowest BCUT2D eigenvalue weighted by Gasteiger charge is -2.33. The standard InChI is InChI=1S/C16H19N3O/c17-11-13-1-3-14(4-2-13)15(20)19-10-7-16(12-19)5-8-18-9-6-16/h1-4,18H,5-10,12H2. The summed E-state index contributed by atoms with van der Waals surface area (Å²) in [6.45, 7) is 3.88. The zero-order chi connectivity index (χ0) is 14.0. The van der Waals surface area contributed by atoms with E-state index in [1.54, 1.807) is 24.3 Å². The van der Waals surface area contributed by atoms with Crippen molar-refractivity contribution in [2.75, 3.05) is 26.2 Å². The fourth-order valence-corrected chi connectivity index (χ4v) is 3.34. The Morgan fingerprint density at radius 2 is 1.90 bits per heavy atom. The molecule has 104 valence electrons. The Hall–Kier alpha value is -1.86. The van der Waals surface area contributed by atoms with Gasteiger partial charge < -0.3 is 10.2 Å². The SMILES string of the molecule is N#Cc1ccc(C(=O)N2CCC3(CCNCC3)C2)cc1. The van der Waals surface area contributed by atoms with Gasteiger partial charge in [0.05, 0.1) is 11.6 Å². The van der Waals surface area contributed by atoms with Crippen LogP contribution >= 0.6 is 0 Å². The van der Waals surface area contributed by atoms with E-state index < -0.39 is 0 Å². The van der Waals surface area contributed by atoms with E-state index in [2.05, 4.69) is 11.4 Å². The van der Waals surface area contributed by atoms with Crippen LogP contribution in [-0.2, 0) is 0 Å². The Bertz CT molecular complexity index is 538. The highest BCUT2D eigenvalue weighted by molar-refractivity contribution is 5.94. The molecule has 2 heterocycles. The van der Waals surface area contributed by atoms with E-state index in [1.165, 1.54) is 12.8 Å². The van der Waals surface area contributed by atoms with Gasteiger partial charge >= 0.3 is 0 Å². The first-order valence-corrected chi connectivity index (χ1v) is 7.23. The van der Waals surface area contributed by atoms with Crippen LogP contribution in [-0.4, -0.2) is 37.0 Å². The van der Waals surface area contributed by atoms with Crippen LogP contribution in [0.25, 0.3) is 0 Å². The number of piperidine rings is 1. The molecule has 4 nitrogen and oxygen atoms in total. The van der Waals surface area contributed by atoms with E-state index in [9.17, 15) is 4.79 Å². The molecule has 4 heteroatoms. The minimum atomic E-state index is 0.102. The average Bonchev–Trinajstić information content (AvgIpc) is 2.91. The maximum atomic E-state index is 12.5. The summed E-state index contributed by atoms with van der Waals surface area (Å²) >= 11 is 0. The van der Waals surface area contributed by atoms with Gasteiger partial charge in [-0.3, -0.25) is 4.79 Å². The number of hydrogen-bond acceptors (Lipinski definition) is 3. The fraction of sp³-hybridized carbons (Fsp3) is 0.500. The van der Waals surface area contributed by atoms with Gasteiger partial charge in [-0.15, -0.1) is 0 Å². The number of carbonyl (C=O) groups is 1. The van der Waals surface area contributed by atoms with Crippen molar-refractivity contribution >= 4 is 5.91 Å². The molecule has 2 saturated heterocycles. The predicted molar refractivity (Wildman–Crippen MR) is 76.2 cm³/mol. The molecule has 0 unspecified atom stereocenters. The van der Waals surface area contributed by atoms with Gasteiger partial charge in [0.15, 0.2) is 0 Å². The first-order chi connectivity index (χ1) is 9.72. The maximum absolute atomic E-state index is 12.5. The minimum absolute atomic E-state index is 0.102. The smallest absolute Gasteiger partial charge is 0.253 e. The molecule has 20 heavy (non-hydrogen) atoms. The molecule has 0 saturated carbocycles. The molecule has 1 spiro atoms. The van der Waals surface area contributed by atoms with Gasteiger partial charge in [0.25, 0.3) is 5.91 Å². The van der Waals surface area contributed by atoms with Crippen LogP contribution in [0.15, 0.2) is 24.3 Å². The topological polar surface area (TPSA) is 56.1 Å². The number of nitrogens with zero attached hydrogens (tertiary/aromatic N) is 2. The van der Waals surface area contributed by atoms with Crippen LogP contribution in [0.4, 0.5) is 0 Å². The van der Waals surface area contributed by atoms with Gasteiger partial charge in [-0.25, -0.2) is 0 Å². The number of hydrogen-bond donors (Lipinski definition) is 1. The van der Waals surface area contributed by atoms with E-state index in [-0.39, 0.29) is 5.91 Å². The predicted octanol–water partition coefficient (Wildman–Crippen LogP) is 1.77. The van der Waals surface area contributed by atoms with E-state index >= 15 is 0 Å². The van der Waals surface area contributed by atoms with Gasteiger partial charge in [-0.2, -0.15) is 5.26 Å². The van der Waals surface area contributed by atoms with Crippen molar-refractivity contribution < 1.29 is 4.79 Å². The first-order valence-electron chi connectivity index (χ1n) is 7.23. The monoisotopic (exact) mass is 269 g/mol. The third kappa shape index (κ3) is 2.41. The number of nitrogens with one attached hydrogen (secondary N) is 1. The van der Waals surface area contributed by atoms with Crippen molar-refractivity contribution in [3.05, 3.63) is 35.4 Å². The van der Waals surface area contributed by atoms with Gasteiger partial charge in [-0.1, -0.05) is 0 Å². The van der Waals surface area contributed by atoms with Crippen LogP contribution in [0.2, 0.25) is 0 Å². The van der Waals surface area contributed by atoms with Gasteiger partial charge in [0.1, 0.15) is 0 Å². The second-order valence-corrected chi connectivity index (χ2v) is 5.92. The summed E-state index contributed by atoms with van der Waals surface area (Å²) < 4.78 is 0. The summed E-state index contributed by atoms with van der Waals surface area (Å²) in [5, 5.41) is 12.2. The van der Waals surface area contributed by atoms with Crippen LogP contribution < -0.4 is 5.32 Å². The minimum Gasteiger partial charge on any atom is -0.338 e. The molecule has 0 bridgehead atoms. The normalized spacial score (nSPS) is 20.9. The molecule has 2 aliphatic heterocycles. The second kappa shape index (κ2) is 5.26. The summed E-state index contributed by atoms with van der Waals surface area (Å²) in [6.07, 6.45) is 3.46. The zero-order valence-corrected chi connectivity index (χ0v) is 11.6. The molecule has 1 N–H and O–H groups in total. The van der Waals surface area contributed by atoms with Gasteiger partial charge in [0, 0.05) is 18.7 Å². The lowest BCUT2D eigenvalue weighted by molar-refractivity contribution is 0.0762. The summed E-state index contributed by atoms with van der Waals surface area (Å²) in [5.74, 6) is 0.102. The van der Waals surface area contributed by atoms with E-state index in [0.717, 1.165) is 32.6 Å². The number of benzene rings is 1. The van der Waals surface area contributed by atoms with E-state index in [0.29, 0.717) is 16.5 Å². The number of nitriles is 1. The van der Waals surface area contributed by atoms with Crippen molar-refractivity contribution in [3.63, 3.8) is 0 Å². The van der Waals surface area contributed by atoms with Crippen molar-refractivity contribution in [1.29, 1.82) is 5.26 Å². The largest absolute Gasteiger partial charge is 0.338 e. The molecule has 0 aromatic heterocycles. The lowest BCUT2D eigenvalue weighted by Crippen LogP contribution is -2.39.